The first-order valence-corrected chi connectivity index (χ1v) is 11.2. The number of aliphatic imine (C=N–C) groups is 1. The Bertz CT molecular complexity index is 942. The van der Waals surface area contributed by atoms with Gasteiger partial charge in [0.25, 0.3) is 0 Å². The van der Waals surface area contributed by atoms with Gasteiger partial charge in [0.05, 0.1) is 5.75 Å². The van der Waals surface area contributed by atoms with Crippen molar-refractivity contribution < 1.29 is 12.8 Å². The summed E-state index contributed by atoms with van der Waals surface area (Å²) in [6.07, 6.45) is 1.17. The maximum absolute atomic E-state index is 13.6. The highest BCUT2D eigenvalue weighted by atomic mass is 32.2. The third-order valence-corrected chi connectivity index (χ3v) is 5.28. The molecule has 2 N–H and O–H groups in total. The second-order valence-corrected chi connectivity index (χ2v) is 9.25. The molecular formula is C21H28FN3O2S. The van der Waals surface area contributed by atoms with Gasteiger partial charge < -0.3 is 10.6 Å². The highest BCUT2D eigenvalue weighted by Gasteiger charge is 2.12. The van der Waals surface area contributed by atoms with Gasteiger partial charge >= 0.3 is 0 Å². The lowest BCUT2D eigenvalue weighted by Gasteiger charge is -2.17. The Kier molecular flexibility index (Phi) is 7.57. The van der Waals surface area contributed by atoms with Crippen molar-refractivity contribution in [3.8, 4) is 0 Å². The van der Waals surface area contributed by atoms with Gasteiger partial charge in [0.15, 0.2) is 15.8 Å². The quantitative estimate of drug-likeness (QED) is 0.548. The van der Waals surface area contributed by atoms with Gasteiger partial charge in [-0.05, 0) is 41.7 Å². The normalized spacial score (nSPS) is 13.2. The Morgan fingerprint density at radius 3 is 2.54 bits per heavy atom. The lowest BCUT2D eigenvalue weighted by atomic mass is 9.99. The van der Waals surface area contributed by atoms with Crippen LogP contribution in [-0.2, 0) is 22.1 Å². The van der Waals surface area contributed by atoms with Crippen LogP contribution in [0.15, 0.2) is 47.5 Å². The van der Waals surface area contributed by atoms with Crippen molar-refractivity contribution >= 4 is 15.8 Å². The largest absolute Gasteiger partial charge is 0.356 e. The lowest BCUT2D eigenvalue weighted by Crippen LogP contribution is -2.38. The molecule has 0 saturated carbocycles. The molecule has 1 unspecified atom stereocenters. The summed E-state index contributed by atoms with van der Waals surface area (Å²) in [7, 11) is -1.55. The van der Waals surface area contributed by atoms with E-state index >= 15 is 0 Å². The number of benzene rings is 2. The first-order valence-electron chi connectivity index (χ1n) is 9.14. The molecule has 0 aliphatic heterocycles. The first kappa shape index (κ1) is 21.9. The van der Waals surface area contributed by atoms with Gasteiger partial charge in [-0.1, -0.05) is 42.8 Å². The number of sulfone groups is 1. The highest BCUT2D eigenvalue weighted by Crippen LogP contribution is 2.16. The molecule has 2 aromatic rings. The van der Waals surface area contributed by atoms with Crippen molar-refractivity contribution in [2.45, 2.75) is 32.1 Å². The van der Waals surface area contributed by atoms with Crippen molar-refractivity contribution in [3.63, 3.8) is 0 Å². The van der Waals surface area contributed by atoms with Gasteiger partial charge in [0.2, 0.25) is 0 Å². The second-order valence-electron chi connectivity index (χ2n) is 7.10. The molecule has 0 amide bonds. The highest BCUT2D eigenvalue weighted by molar-refractivity contribution is 7.89. The third kappa shape index (κ3) is 6.96. The standard InChI is InChI=1S/C21H28FN3O2S/c1-15-6-5-7-17(10-15)16(2)12-24-21(23-3)25-13-19-11-20(22)9-8-18(19)14-28(4,26)27/h5-11,16H,12-14H2,1-4H3,(H2,23,24,25). The molecule has 0 saturated heterocycles. The molecule has 0 spiro atoms. The van der Waals surface area contributed by atoms with Crippen LogP contribution >= 0.6 is 0 Å². The monoisotopic (exact) mass is 405 g/mol. The first-order chi connectivity index (χ1) is 13.2. The van der Waals surface area contributed by atoms with Gasteiger partial charge in [0.1, 0.15) is 5.82 Å². The fourth-order valence-electron chi connectivity index (χ4n) is 2.93. The molecule has 152 valence electrons. The molecule has 0 aliphatic carbocycles. The van der Waals surface area contributed by atoms with Crippen LogP contribution in [0, 0.1) is 12.7 Å². The van der Waals surface area contributed by atoms with E-state index in [-0.39, 0.29) is 18.2 Å². The summed E-state index contributed by atoms with van der Waals surface area (Å²) < 4.78 is 36.9. The van der Waals surface area contributed by atoms with E-state index in [0.29, 0.717) is 23.6 Å². The molecule has 0 fully saturated rings. The SMILES string of the molecule is CN=C(NCc1cc(F)ccc1CS(C)(=O)=O)NCC(C)c1cccc(C)c1. The molecule has 28 heavy (non-hydrogen) atoms. The number of hydrogen-bond acceptors (Lipinski definition) is 3. The molecule has 2 aromatic carbocycles. The molecule has 2 rings (SSSR count). The summed E-state index contributed by atoms with van der Waals surface area (Å²) in [5.74, 6) is 0.341. The number of nitrogens with zero attached hydrogens (tertiary/aromatic N) is 1. The molecule has 7 heteroatoms. The van der Waals surface area contributed by atoms with Crippen LogP contribution in [0.4, 0.5) is 4.39 Å². The Hall–Kier alpha value is -2.41. The van der Waals surface area contributed by atoms with Crippen LogP contribution in [0.25, 0.3) is 0 Å². The Labute approximate surface area is 167 Å². The fourth-order valence-corrected chi connectivity index (χ4v) is 3.77. The van der Waals surface area contributed by atoms with E-state index in [9.17, 15) is 12.8 Å². The summed E-state index contributed by atoms with van der Waals surface area (Å²) in [4.78, 5) is 4.20. The summed E-state index contributed by atoms with van der Waals surface area (Å²) in [6.45, 7) is 5.16. The van der Waals surface area contributed by atoms with E-state index in [1.165, 1.54) is 35.6 Å². The predicted molar refractivity (Wildman–Crippen MR) is 113 cm³/mol. The molecule has 0 aromatic heterocycles. The summed E-state index contributed by atoms with van der Waals surface area (Å²) >= 11 is 0. The van der Waals surface area contributed by atoms with Gasteiger partial charge in [0, 0.05) is 26.4 Å². The minimum atomic E-state index is -3.21. The average Bonchev–Trinajstić information content (AvgIpc) is 2.62. The van der Waals surface area contributed by atoms with E-state index < -0.39 is 15.7 Å². The number of rotatable bonds is 7. The van der Waals surface area contributed by atoms with E-state index in [1.54, 1.807) is 7.05 Å². The van der Waals surface area contributed by atoms with E-state index in [0.717, 1.165) is 0 Å². The number of guanidine groups is 1. The minimum Gasteiger partial charge on any atom is -0.356 e. The van der Waals surface area contributed by atoms with Gasteiger partial charge in [-0.3, -0.25) is 4.99 Å². The third-order valence-electron chi connectivity index (χ3n) is 4.44. The summed E-state index contributed by atoms with van der Waals surface area (Å²) in [5.41, 5.74) is 3.64. The van der Waals surface area contributed by atoms with Gasteiger partial charge in [-0.15, -0.1) is 0 Å². The Morgan fingerprint density at radius 2 is 1.89 bits per heavy atom. The van der Waals surface area contributed by atoms with Crippen LogP contribution in [0.3, 0.4) is 0 Å². The number of hydrogen-bond donors (Lipinski definition) is 2. The zero-order chi connectivity index (χ0) is 20.7. The topological polar surface area (TPSA) is 70.6 Å². The van der Waals surface area contributed by atoms with Crippen molar-refractivity contribution in [2.24, 2.45) is 4.99 Å². The van der Waals surface area contributed by atoms with E-state index in [1.807, 2.05) is 6.07 Å². The Morgan fingerprint density at radius 1 is 1.14 bits per heavy atom. The number of nitrogens with one attached hydrogen (secondary N) is 2. The van der Waals surface area contributed by atoms with E-state index in [2.05, 4.69) is 47.7 Å². The minimum absolute atomic E-state index is 0.124. The fraction of sp³-hybridized carbons (Fsp3) is 0.381. The number of aryl methyl sites for hydroxylation is 1. The van der Waals surface area contributed by atoms with Crippen LogP contribution in [-0.4, -0.2) is 34.2 Å². The molecule has 1 atom stereocenters. The molecule has 0 bridgehead atoms. The Balaban J connectivity index is 2.00. The maximum Gasteiger partial charge on any atom is 0.191 e. The summed E-state index contributed by atoms with van der Waals surface area (Å²) in [5, 5.41) is 6.40. The molecule has 5 nitrogen and oxygen atoms in total. The molecule has 0 heterocycles. The molecule has 0 aliphatic rings. The zero-order valence-corrected chi connectivity index (χ0v) is 17.6. The van der Waals surface area contributed by atoms with Crippen LogP contribution in [0.2, 0.25) is 0 Å². The lowest BCUT2D eigenvalue weighted by molar-refractivity contribution is 0.599. The van der Waals surface area contributed by atoms with Crippen molar-refractivity contribution in [2.75, 3.05) is 19.8 Å². The smallest absolute Gasteiger partial charge is 0.191 e. The van der Waals surface area contributed by atoms with Crippen molar-refractivity contribution in [3.05, 3.63) is 70.5 Å². The van der Waals surface area contributed by atoms with Crippen molar-refractivity contribution in [1.82, 2.24) is 10.6 Å². The van der Waals surface area contributed by atoms with Crippen molar-refractivity contribution in [1.29, 1.82) is 0 Å². The molecule has 0 radical (unpaired) electrons. The maximum atomic E-state index is 13.6. The predicted octanol–water partition coefficient (Wildman–Crippen LogP) is 3.15. The van der Waals surface area contributed by atoms with E-state index in [4.69, 9.17) is 0 Å². The van der Waals surface area contributed by atoms with Gasteiger partial charge in [-0.25, -0.2) is 12.8 Å². The van der Waals surface area contributed by atoms with Crippen LogP contribution < -0.4 is 10.6 Å². The zero-order valence-electron chi connectivity index (χ0n) is 16.8. The summed E-state index contributed by atoms with van der Waals surface area (Å²) in [6, 6.07) is 12.5. The number of halogens is 1. The van der Waals surface area contributed by atoms with Gasteiger partial charge in [-0.2, -0.15) is 0 Å². The van der Waals surface area contributed by atoms with Crippen LogP contribution in [0.1, 0.15) is 35.1 Å². The second kappa shape index (κ2) is 9.68. The van der Waals surface area contributed by atoms with Crippen LogP contribution in [0.5, 0.6) is 0 Å². The molecular weight excluding hydrogens is 377 g/mol. The average molecular weight is 406 g/mol.